The van der Waals surface area contributed by atoms with Gasteiger partial charge < -0.3 is 14.6 Å². The Morgan fingerprint density at radius 3 is 2.60 bits per heavy atom. The highest BCUT2D eigenvalue weighted by Crippen LogP contribution is 2.35. The Kier molecular flexibility index (Phi) is 7.02. The molecule has 9 heteroatoms. The number of aliphatic carboxylic acids is 1. The van der Waals surface area contributed by atoms with Gasteiger partial charge in [-0.3, -0.25) is 9.69 Å². The van der Waals surface area contributed by atoms with Crippen LogP contribution in [0.5, 0.6) is 11.5 Å². The summed E-state index contributed by atoms with van der Waals surface area (Å²) in [4.78, 5) is 30.1. The van der Waals surface area contributed by atoms with E-state index in [4.69, 9.17) is 26.2 Å². The number of ether oxygens (including phenoxy) is 2. The molecule has 1 heterocycles. The summed E-state index contributed by atoms with van der Waals surface area (Å²) in [7, 11) is 1.60. The SMILES string of the molecule is CCN1C(=O)C(=Cc2ccc(OCC(=O)O)c(Cl)c2)SC1=Nc1ccc(OC)cc1. The van der Waals surface area contributed by atoms with Gasteiger partial charge in [0.25, 0.3) is 5.91 Å². The molecule has 1 fully saturated rings. The van der Waals surface area contributed by atoms with Crippen LogP contribution in [0.1, 0.15) is 12.5 Å². The third-order valence-corrected chi connectivity index (χ3v) is 5.41. The van der Waals surface area contributed by atoms with Crippen LogP contribution in [0.25, 0.3) is 6.08 Å². The number of carboxylic acids is 1. The summed E-state index contributed by atoms with van der Waals surface area (Å²) in [6, 6.07) is 12.2. The predicted molar refractivity (Wildman–Crippen MR) is 118 cm³/mol. The number of hydrogen-bond donors (Lipinski definition) is 1. The van der Waals surface area contributed by atoms with Crippen LogP contribution in [0, 0.1) is 0 Å². The second-order valence-electron chi connectivity index (χ2n) is 6.12. The molecule has 1 N–H and O–H groups in total. The van der Waals surface area contributed by atoms with Gasteiger partial charge in [-0.2, -0.15) is 0 Å². The number of likely N-dealkylation sites (N-methyl/N-ethyl adjacent to an activating group) is 1. The molecule has 0 bridgehead atoms. The van der Waals surface area contributed by atoms with E-state index in [9.17, 15) is 9.59 Å². The summed E-state index contributed by atoms with van der Waals surface area (Å²) in [5.74, 6) is -0.233. The molecule has 156 valence electrons. The summed E-state index contributed by atoms with van der Waals surface area (Å²) in [5.41, 5.74) is 1.41. The summed E-state index contributed by atoms with van der Waals surface area (Å²) in [6.45, 7) is 1.89. The number of halogens is 1. The van der Waals surface area contributed by atoms with E-state index in [1.54, 1.807) is 36.3 Å². The number of nitrogens with zero attached hydrogens (tertiary/aromatic N) is 2. The fraction of sp³-hybridized carbons (Fsp3) is 0.190. The molecule has 0 atom stereocenters. The van der Waals surface area contributed by atoms with Gasteiger partial charge in [-0.1, -0.05) is 17.7 Å². The number of carboxylic acid groups (broad SMARTS) is 1. The van der Waals surface area contributed by atoms with Gasteiger partial charge in [0.05, 0.1) is 22.7 Å². The van der Waals surface area contributed by atoms with Gasteiger partial charge in [0, 0.05) is 6.54 Å². The topological polar surface area (TPSA) is 88.4 Å². The Bertz CT molecular complexity index is 1020. The lowest BCUT2D eigenvalue weighted by Crippen LogP contribution is -2.28. The van der Waals surface area contributed by atoms with Crippen LogP contribution < -0.4 is 9.47 Å². The first-order chi connectivity index (χ1) is 14.4. The van der Waals surface area contributed by atoms with Crippen LogP contribution in [0.2, 0.25) is 5.02 Å². The molecule has 0 aromatic heterocycles. The lowest BCUT2D eigenvalue weighted by molar-refractivity contribution is -0.139. The number of carbonyl (C=O) groups is 2. The van der Waals surface area contributed by atoms with E-state index >= 15 is 0 Å². The van der Waals surface area contributed by atoms with E-state index in [-0.39, 0.29) is 16.7 Å². The van der Waals surface area contributed by atoms with Crippen LogP contribution in [-0.4, -0.2) is 47.3 Å². The van der Waals surface area contributed by atoms with Crippen LogP contribution in [0.4, 0.5) is 5.69 Å². The molecule has 30 heavy (non-hydrogen) atoms. The fourth-order valence-electron chi connectivity index (χ4n) is 2.65. The molecule has 1 aliphatic rings. The maximum absolute atomic E-state index is 12.8. The molecule has 0 spiro atoms. The molecular formula is C21H19ClN2O5S. The highest BCUT2D eigenvalue weighted by molar-refractivity contribution is 8.18. The molecule has 2 aromatic rings. The molecule has 0 radical (unpaired) electrons. The minimum atomic E-state index is -1.09. The van der Waals surface area contributed by atoms with E-state index in [2.05, 4.69) is 4.99 Å². The summed E-state index contributed by atoms with van der Waals surface area (Å²) >= 11 is 7.45. The first kappa shape index (κ1) is 21.7. The van der Waals surface area contributed by atoms with Crippen LogP contribution in [0.15, 0.2) is 52.4 Å². The van der Waals surface area contributed by atoms with Crippen molar-refractivity contribution in [2.24, 2.45) is 4.99 Å². The lowest BCUT2D eigenvalue weighted by atomic mass is 10.2. The van der Waals surface area contributed by atoms with Crippen molar-refractivity contribution in [3.05, 3.63) is 58.0 Å². The number of hydrogen-bond acceptors (Lipinski definition) is 6. The fourth-order valence-corrected chi connectivity index (χ4v) is 3.96. The Hall–Kier alpha value is -2.97. The first-order valence-electron chi connectivity index (χ1n) is 8.99. The van der Waals surface area contributed by atoms with E-state index in [1.807, 2.05) is 31.2 Å². The molecule has 1 aliphatic heterocycles. The second kappa shape index (κ2) is 9.69. The monoisotopic (exact) mass is 446 g/mol. The zero-order valence-corrected chi connectivity index (χ0v) is 17.9. The first-order valence-corrected chi connectivity index (χ1v) is 10.2. The third-order valence-electron chi connectivity index (χ3n) is 4.11. The van der Waals surface area contributed by atoms with Crippen molar-refractivity contribution in [3.8, 4) is 11.5 Å². The summed E-state index contributed by atoms with van der Waals surface area (Å²) < 4.78 is 10.3. The van der Waals surface area contributed by atoms with Crippen molar-refractivity contribution >= 4 is 52.2 Å². The Morgan fingerprint density at radius 2 is 2.00 bits per heavy atom. The Morgan fingerprint density at radius 1 is 1.27 bits per heavy atom. The zero-order chi connectivity index (χ0) is 21.7. The largest absolute Gasteiger partial charge is 0.497 e. The second-order valence-corrected chi connectivity index (χ2v) is 7.54. The van der Waals surface area contributed by atoms with Crippen molar-refractivity contribution in [2.75, 3.05) is 20.3 Å². The van der Waals surface area contributed by atoms with Crippen molar-refractivity contribution in [2.45, 2.75) is 6.92 Å². The van der Waals surface area contributed by atoms with Gasteiger partial charge in [-0.05, 0) is 66.7 Å². The van der Waals surface area contributed by atoms with Crippen LogP contribution in [0.3, 0.4) is 0 Å². The maximum atomic E-state index is 12.8. The molecule has 0 aliphatic carbocycles. The van der Waals surface area contributed by atoms with Gasteiger partial charge in [0.15, 0.2) is 11.8 Å². The molecule has 1 amide bonds. The molecule has 1 saturated heterocycles. The van der Waals surface area contributed by atoms with Gasteiger partial charge in [-0.15, -0.1) is 0 Å². The van der Waals surface area contributed by atoms with Crippen LogP contribution in [-0.2, 0) is 9.59 Å². The highest BCUT2D eigenvalue weighted by Gasteiger charge is 2.32. The number of benzene rings is 2. The van der Waals surface area contributed by atoms with Gasteiger partial charge in [0.2, 0.25) is 0 Å². The van der Waals surface area contributed by atoms with Gasteiger partial charge >= 0.3 is 5.97 Å². The quantitative estimate of drug-likeness (QED) is 0.633. The standard InChI is InChI=1S/C21H19ClN2O5S/c1-3-24-20(27)18(30-21(24)23-14-5-7-15(28-2)8-6-14)11-13-4-9-17(16(22)10-13)29-12-19(25)26/h4-11H,3,12H2,1-2H3,(H,25,26). The van der Waals surface area contributed by atoms with Crippen LogP contribution >= 0.6 is 23.4 Å². The van der Waals surface area contributed by atoms with Crippen molar-refractivity contribution in [3.63, 3.8) is 0 Å². The highest BCUT2D eigenvalue weighted by atomic mass is 35.5. The average Bonchev–Trinajstić information content (AvgIpc) is 3.01. The molecule has 3 rings (SSSR count). The minimum Gasteiger partial charge on any atom is -0.497 e. The molecule has 7 nitrogen and oxygen atoms in total. The van der Waals surface area contributed by atoms with Gasteiger partial charge in [-0.25, -0.2) is 9.79 Å². The van der Waals surface area contributed by atoms with E-state index in [1.165, 1.54) is 11.8 Å². The number of amides is 1. The number of aliphatic imine (C=N–C) groups is 1. The maximum Gasteiger partial charge on any atom is 0.341 e. The number of rotatable bonds is 7. The van der Waals surface area contributed by atoms with E-state index in [0.29, 0.717) is 27.9 Å². The molecule has 0 unspecified atom stereocenters. The molecular weight excluding hydrogens is 428 g/mol. The molecule has 2 aromatic carbocycles. The van der Waals surface area contributed by atoms with E-state index in [0.717, 1.165) is 5.75 Å². The van der Waals surface area contributed by atoms with E-state index < -0.39 is 12.6 Å². The summed E-state index contributed by atoms with van der Waals surface area (Å²) in [5, 5.41) is 9.56. The minimum absolute atomic E-state index is 0.142. The lowest BCUT2D eigenvalue weighted by Gasteiger charge is -2.12. The Labute approximate surface area is 183 Å². The third kappa shape index (κ3) is 5.14. The Balaban J connectivity index is 1.83. The predicted octanol–water partition coefficient (Wildman–Crippen LogP) is 4.44. The number of thioether (sulfide) groups is 1. The smallest absolute Gasteiger partial charge is 0.341 e. The van der Waals surface area contributed by atoms with Crippen molar-refractivity contribution in [1.29, 1.82) is 0 Å². The average molecular weight is 447 g/mol. The number of amidine groups is 1. The number of carbonyl (C=O) groups excluding carboxylic acids is 1. The summed E-state index contributed by atoms with van der Waals surface area (Å²) in [6.07, 6.45) is 1.72. The number of methoxy groups -OCH3 is 1. The molecule has 0 saturated carbocycles. The normalized spacial score (nSPS) is 16.4. The van der Waals surface area contributed by atoms with Crippen molar-refractivity contribution in [1.82, 2.24) is 4.90 Å². The van der Waals surface area contributed by atoms with Crippen molar-refractivity contribution < 1.29 is 24.2 Å². The zero-order valence-electron chi connectivity index (χ0n) is 16.3. The van der Waals surface area contributed by atoms with Gasteiger partial charge in [0.1, 0.15) is 11.5 Å².